The largest absolute Gasteiger partial charge is 0.454 e. The van der Waals surface area contributed by atoms with Crippen LogP contribution in [-0.4, -0.2) is 24.3 Å². The van der Waals surface area contributed by atoms with Crippen LogP contribution >= 0.6 is 0 Å². The van der Waals surface area contributed by atoms with E-state index in [0.717, 1.165) is 0 Å². The van der Waals surface area contributed by atoms with Crippen molar-refractivity contribution in [1.29, 1.82) is 0 Å². The van der Waals surface area contributed by atoms with Gasteiger partial charge in [0.1, 0.15) is 0 Å². The molecule has 0 aliphatic carbocycles. The van der Waals surface area contributed by atoms with Crippen LogP contribution in [0.2, 0.25) is 0 Å². The monoisotopic (exact) mass is 329 g/mol. The molecular formula is C19H23NO4. The molecule has 0 saturated carbocycles. The molecule has 0 bridgehead atoms. The molecule has 0 fully saturated rings. The number of ether oxygens (including phenoxy) is 1. The Morgan fingerprint density at radius 1 is 1.08 bits per heavy atom. The number of anilines is 1. The highest BCUT2D eigenvalue weighted by Crippen LogP contribution is 2.17. The summed E-state index contributed by atoms with van der Waals surface area (Å²) in [5, 5.41) is 2.78. The van der Waals surface area contributed by atoms with Crippen molar-refractivity contribution in [3.63, 3.8) is 0 Å². The van der Waals surface area contributed by atoms with Gasteiger partial charge in [-0.25, -0.2) is 4.79 Å². The van der Waals surface area contributed by atoms with Gasteiger partial charge in [0.25, 0.3) is 0 Å². The van der Waals surface area contributed by atoms with E-state index >= 15 is 0 Å². The minimum atomic E-state index is -0.574. The Bertz CT molecular complexity index is 649. The minimum absolute atomic E-state index is 0.108. The van der Waals surface area contributed by atoms with Crippen LogP contribution in [0.15, 0.2) is 48.6 Å². The highest BCUT2D eigenvalue weighted by atomic mass is 16.5. The molecule has 0 spiro atoms. The second-order valence-electron chi connectivity index (χ2n) is 6.20. The predicted molar refractivity (Wildman–Crippen MR) is 93.8 cm³/mol. The number of carbonyl (C=O) groups excluding carboxylic acids is 3. The van der Waals surface area contributed by atoms with Crippen LogP contribution in [-0.2, 0) is 14.3 Å². The SMILES string of the molecule is C/C=C/C=C/C(=O)OCC(=O)c1ccc(NC(=O)C(C)(C)C)cc1. The third-order valence-corrected chi connectivity index (χ3v) is 3.03. The van der Waals surface area contributed by atoms with Gasteiger partial charge < -0.3 is 10.1 Å². The number of amides is 1. The van der Waals surface area contributed by atoms with Crippen LogP contribution in [0.4, 0.5) is 5.69 Å². The molecule has 0 aliphatic rings. The van der Waals surface area contributed by atoms with Gasteiger partial charge in [-0.3, -0.25) is 9.59 Å². The van der Waals surface area contributed by atoms with Crippen molar-refractivity contribution < 1.29 is 19.1 Å². The van der Waals surface area contributed by atoms with Gasteiger partial charge in [0.15, 0.2) is 12.4 Å². The Morgan fingerprint density at radius 3 is 2.25 bits per heavy atom. The number of ketones is 1. The Labute approximate surface area is 142 Å². The van der Waals surface area contributed by atoms with Gasteiger partial charge in [-0.1, -0.05) is 39.0 Å². The Balaban J connectivity index is 2.58. The Kier molecular flexibility index (Phi) is 7.11. The number of hydrogen-bond acceptors (Lipinski definition) is 4. The van der Waals surface area contributed by atoms with Crippen molar-refractivity contribution >= 4 is 23.3 Å². The summed E-state index contributed by atoms with van der Waals surface area (Å²) in [5.74, 6) is -0.990. The highest BCUT2D eigenvalue weighted by Gasteiger charge is 2.21. The third-order valence-electron chi connectivity index (χ3n) is 3.03. The van der Waals surface area contributed by atoms with Crippen molar-refractivity contribution in [1.82, 2.24) is 0 Å². The summed E-state index contributed by atoms with van der Waals surface area (Å²) in [7, 11) is 0. The summed E-state index contributed by atoms with van der Waals surface area (Å²) in [4.78, 5) is 35.2. The lowest BCUT2D eigenvalue weighted by molar-refractivity contribution is -0.136. The third kappa shape index (κ3) is 6.60. The normalized spacial score (nSPS) is 11.7. The number of allylic oxidation sites excluding steroid dienone is 3. The molecule has 1 aromatic carbocycles. The molecule has 1 N–H and O–H groups in total. The maximum atomic E-state index is 12.0. The lowest BCUT2D eigenvalue weighted by Crippen LogP contribution is -2.27. The second-order valence-corrected chi connectivity index (χ2v) is 6.20. The lowest BCUT2D eigenvalue weighted by Gasteiger charge is -2.17. The van der Waals surface area contributed by atoms with Gasteiger partial charge in [-0.05, 0) is 31.2 Å². The summed E-state index contributed by atoms with van der Waals surface area (Å²) >= 11 is 0. The molecule has 5 heteroatoms. The van der Waals surface area contributed by atoms with Gasteiger partial charge in [0.05, 0.1) is 0 Å². The average Bonchev–Trinajstić information content (AvgIpc) is 2.52. The fraction of sp³-hybridized carbons (Fsp3) is 0.316. The van der Waals surface area contributed by atoms with Crippen LogP contribution in [0.1, 0.15) is 38.1 Å². The van der Waals surface area contributed by atoms with E-state index in [9.17, 15) is 14.4 Å². The molecule has 1 amide bonds. The molecule has 5 nitrogen and oxygen atoms in total. The fourth-order valence-corrected chi connectivity index (χ4v) is 1.57. The number of rotatable bonds is 6. The number of benzene rings is 1. The average molecular weight is 329 g/mol. The van der Waals surface area contributed by atoms with Gasteiger partial charge in [0.2, 0.25) is 5.91 Å². The summed E-state index contributed by atoms with van der Waals surface area (Å²) in [6.45, 7) is 6.96. The number of esters is 1. The molecule has 24 heavy (non-hydrogen) atoms. The van der Waals surface area contributed by atoms with Gasteiger partial charge in [-0.15, -0.1) is 0 Å². The maximum absolute atomic E-state index is 12.0. The zero-order valence-corrected chi connectivity index (χ0v) is 14.5. The van der Waals surface area contributed by atoms with Crippen molar-refractivity contribution in [2.75, 3.05) is 11.9 Å². The van der Waals surface area contributed by atoms with E-state index in [0.29, 0.717) is 11.3 Å². The smallest absolute Gasteiger partial charge is 0.331 e. The van der Waals surface area contributed by atoms with E-state index in [4.69, 9.17) is 4.74 Å². The fourth-order valence-electron chi connectivity index (χ4n) is 1.57. The number of Topliss-reactive ketones (excluding diaryl/α,β-unsaturated/α-hetero) is 1. The molecule has 0 aromatic heterocycles. The van der Waals surface area contributed by atoms with Gasteiger partial charge in [-0.2, -0.15) is 0 Å². The number of hydrogen-bond donors (Lipinski definition) is 1. The molecule has 0 aliphatic heterocycles. The van der Waals surface area contributed by atoms with Gasteiger partial charge >= 0.3 is 5.97 Å². The molecule has 0 atom stereocenters. The molecular weight excluding hydrogens is 306 g/mol. The first-order valence-corrected chi connectivity index (χ1v) is 7.65. The molecule has 1 aromatic rings. The minimum Gasteiger partial charge on any atom is -0.454 e. The zero-order valence-electron chi connectivity index (χ0n) is 14.5. The van der Waals surface area contributed by atoms with E-state index in [1.54, 1.807) is 42.5 Å². The summed E-state index contributed by atoms with van der Waals surface area (Å²) in [5.41, 5.74) is 0.523. The van der Waals surface area contributed by atoms with E-state index in [-0.39, 0.29) is 18.3 Å². The highest BCUT2D eigenvalue weighted by molar-refractivity contribution is 5.99. The van der Waals surface area contributed by atoms with Crippen LogP contribution in [0.25, 0.3) is 0 Å². The zero-order chi connectivity index (χ0) is 18.2. The molecule has 128 valence electrons. The predicted octanol–water partition coefficient (Wildman–Crippen LogP) is 3.53. The molecule has 0 saturated heterocycles. The number of nitrogens with one attached hydrogen (secondary N) is 1. The van der Waals surface area contributed by atoms with Crippen molar-refractivity contribution in [3.05, 3.63) is 54.1 Å². The van der Waals surface area contributed by atoms with E-state index in [1.165, 1.54) is 6.08 Å². The molecule has 0 heterocycles. The van der Waals surface area contributed by atoms with Crippen molar-refractivity contribution in [2.45, 2.75) is 27.7 Å². The molecule has 0 radical (unpaired) electrons. The summed E-state index contributed by atoms with van der Waals surface area (Å²) in [6.07, 6.45) is 6.25. The summed E-state index contributed by atoms with van der Waals surface area (Å²) in [6, 6.07) is 6.46. The quantitative estimate of drug-likeness (QED) is 0.375. The van der Waals surface area contributed by atoms with Crippen LogP contribution in [0, 0.1) is 5.41 Å². The first-order valence-electron chi connectivity index (χ1n) is 7.65. The first-order chi connectivity index (χ1) is 11.2. The van der Waals surface area contributed by atoms with E-state index in [2.05, 4.69) is 5.32 Å². The van der Waals surface area contributed by atoms with Crippen molar-refractivity contribution in [3.8, 4) is 0 Å². The topological polar surface area (TPSA) is 72.5 Å². The van der Waals surface area contributed by atoms with E-state index < -0.39 is 11.4 Å². The van der Waals surface area contributed by atoms with Crippen LogP contribution < -0.4 is 5.32 Å². The van der Waals surface area contributed by atoms with Crippen LogP contribution in [0.3, 0.4) is 0 Å². The van der Waals surface area contributed by atoms with E-state index in [1.807, 2.05) is 27.7 Å². The van der Waals surface area contributed by atoms with Crippen molar-refractivity contribution in [2.24, 2.45) is 5.41 Å². The first kappa shape index (κ1) is 19.4. The Morgan fingerprint density at radius 2 is 1.71 bits per heavy atom. The number of carbonyl (C=O) groups is 3. The Hall–Kier alpha value is -2.69. The second kappa shape index (κ2) is 8.82. The molecule has 1 rings (SSSR count). The molecule has 0 unspecified atom stereocenters. The lowest BCUT2D eigenvalue weighted by atomic mass is 9.95. The van der Waals surface area contributed by atoms with Gasteiger partial charge in [0, 0.05) is 22.7 Å². The van der Waals surface area contributed by atoms with Crippen LogP contribution in [0.5, 0.6) is 0 Å². The summed E-state index contributed by atoms with van der Waals surface area (Å²) < 4.78 is 4.87. The maximum Gasteiger partial charge on any atom is 0.331 e. The standard InChI is InChI=1S/C19H23NO4/c1-5-6-7-8-17(22)24-13-16(21)14-9-11-15(12-10-14)20-18(23)19(2,3)4/h5-12H,13H2,1-4H3,(H,20,23)/b6-5+,8-7+.